The summed E-state index contributed by atoms with van der Waals surface area (Å²) in [6.45, 7) is 0.473. The first-order chi connectivity index (χ1) is 17.0. The van der Waals surface area contributed by atoms with E-state index in [1.54, 1.807) is 36.5 Å². The summed E-state index contributed by atoms with van der Waals surface area (Å²) in [5, 5.41) is 3.66. The lowest BCUT2D eigenvalue weighted by molar-refractivity contribution is 0.0467. The predicted molar refractivity (Wildman–Crippen MR) is 128 cm³/mol. The fourth-order valence-electron chi connectivity index (χ4n) is 3.48. The molecule has 0 aliphatic heterocycles. The lowest BCUT2D eigenvalue weighted by Crippen LogP contribution is -2.22. The minimum atomic E-state index is -0.667. The Balaban J connectivity index is 1.43. The van der Waals surface area contributed by atoms with Crippen molar-refractivity contribution in [2.75, 3.05) is 13.7 Å². The second kappa shape index (κ2) is 10.9. The maximum absolute atomic E-state index is 14.1. The van der Waals surface area contributed by atoms with Gasteiger partial charge in [-0.3, -0.25) is 0 Å². The number of nitrogens with zero attached hydrogens (tertiary/aromatic N) is 2. The molecule has 4 aromatic rings. The number of alkyl carbamates (subject to hydrolysis) is 1. The van der Waals surface area contributed by atoms with E-state index in [1.165, 1.54) is 25.5 Å². The molecule has 0 unspecified atom stereocenters. The predicted octanol–water partition coefficient (Wildman–Crippen LogP) is 5.20. The lowest BCUT2D eigenvalue weighted by Gasteiger charge is -2.08. The Morgan fingerprint density at radius 3 is 2.80 bits per heavy atom. The van der Waals surface area contributed by atoms with Crippen LogP contribution >= 0.6 is 11.6 Å². The summed E-state index contributed by atoms with van der Waals surface area (Å²) < 4.78 is 31.1. The third-order valence-corrected chi connectivity index (χ3v) is 5.43. The summed E-state index contributed by atoms with van der Waals surface area (Å²) in [6.07, 6.45) is 5.45. The normalized spacial score (nSPS) is 11.2. The molecule has 2 aromatic carbocycles. The first-order valence-electron chi connectivity index (χ1n) is 10.6. The number of hydrogen-bond acceptors (Lipinski definition) is 6. The zero-order valence-corrected chi connectivity index (χ0v) is 19.4. The number of nitrogens with one attached hydrogen (secondary N) is 1. The van der Waals surface area contributed by atoms with E-state index in [2.05, 4.69) is 15.0 Å². The van der Waals surface area contributed by atoms with E-state index in [1.807, 2.05) is 16.7 Å². The highest BCUT2D eigenvalue weighted by molar-refractivity contribution is 6.36. The Morgan fingerprint density at radius 1 is 1.20 bits per heavy atom. The van der Waals surface area contributed by atoms with Crippen LogP contribution in [0.25, 0.3) is 17.0 Å². The fourth-order valence-corrected chi connectivity index (χ4v) is 3.82. The number of hydrogen-bond donors (Lipinski definition) is 1. The molecule has 8 nitrogen and oxygen atoms in total. The highest BCUT2D eigenvalue weighted by Gasteiger charge is 2.16. The van der Waals surface area contributed by atoms with Gasteiger partial charge < -0.3 is 23.8 Å². The van der Waals surface area contributed by atoms with Crippen LogP contribution in [0.5, 0.6) is 0 Å². The monoisotopic (exact) mass is 497 g/mol. The molecule has 0 radical (unpaired) electrons. The molecule has 1 amide bonds. The summed E-state index contributed by atoms with van der Waals surface area (Å²) in [5.74, 6) is -0.781. The SMILES string of the molecule is COC(=O)NC/C=C\c1nc(C(=O)OCc2cccc3c2c(Cl)cn3Cc2ccccc2F)co1. The second-order valence-corrected chi connectivity index (χ2v) is 7.84. The topological polar surface area (TPSA) is 95.6 Å². The van der Waals surface area contributed by atoms with Crippen LogP contribution in [0.4, 0.5) is 9.18 Å². The van der Waals surface area contributed by atoms with Crippen LogP contribution in [-0.4, -0.2) is 35.3 Å². The highest BCUT2D eigenvalue weighted by atomic mass is 35.5. The quantitative estimate of drug-likeness (QED) is 0.336. The summed E-state index contributed by atoms with van der Waals surface area (Å²) in [5.41, 5.74) is 2.03. The van der Waals surface area contributed by atoms with Gasteiger partial charge in [0.1, 0.15) is 18.7 Å². The molecule has 1 N–H and O–H groups in total. The van der Waals surface area contributed by atoms with Crippen LogP contribution in [0.15, 0.2) is 65.4 Å². The number of aromatic nitrogens is 2. The first kappa shape index (κ1) is 24.0. The van der Waals surface area contributed by atoms with E-state index in [4.69, 9.17) is 20.8 Å². The molecule has 10 heteroatoms. The number of rotatable bonds is 8. The molecule has 0 spiro atoms. The van der Waals surface area contributed by atoms with Gasteiger partial charge >= 0.3 is 12.1 Å². The summed E-state index contributed by atoms with van der Waals surface area (Å²) in [4.78, 5) is 27.5. The van der Waals surface area contributed by atoms with Gasteiger partial charge in [-0.1, -0.05) is 48.0 Å². The Hall–Kier alpha value is -4.11. The van der Waals surface area contributed by atoms with E-state index in [0.29, 0.717) is 22.7 Å². The Labute approximate surface area is 204 Å². The van der Waals surface area contributed by atoms with Crippen LogP contribution in [0.3, 0.4) is 0 Å². The zero-order chi connectivity index (χ0) is 24.8. The van der Waals surface area contributed by atoms with Gasteiger partial charge in [-0.25, -0.2) is 19.0 Å². The van der Waals surface area contributed by atoms with E-state index in [-0.39, 0.29) is 30.6 Å². The van der Waals surface area contributed by atoms with Crippen molar-refractivity contribution in [1.29, 1.82) is 0 Å². The third-order valence-electron chi connectivity index (χ3n) is 5.14. The van der Waals surface area contributed by atoms with Crippen molar-refractivity contribution >= 4 is 40.6 Å². The van der Waals surface area contributed by atoms with Crippen LogP contribution in [0, 0.1) is 5.82 Å². The molecule has 0 aliphatic carbocycles. The van der Waals surface area contributed by atoms with Crippen molar-refractivity contribution in [2.24, 2.45) is 0 Å². The molecule has 0 fully saturated rings. The summed E-state index contributed by atoms with van der Waals surface area (Å²) in [6, 6.07) is 12.1. The van der Waals surface area contributed by atoms with E-state index >= 15 is 0 Å². The van der Waals surface area contributed by atoms with Gasteiger partial charge in [-0.2, -0.15) is 0 Å². The summed E-state index contributed by atoms with van der Waals surface area (Å²) in [7, 11) is 1.26. The smallest absolute Gasteiger partial charge is 0.407 e. The molecule has 2 heterocycles. The van der Waals surface area contributed by atoms with Gasteiger partial charge in [-0.15, -0.1) is 0 Å². The van der Waals surface area contributed by atoms with Gasteiger partial charge in [0.05, 0.1) is 24.2 Å². The average molecular weight is 498 g/mol. The number of methoxy groups -OCH3 is 1. The second-order valence-electron chi connectivity index (χ2n) is 7.43. The minimum absolute atomic E-state index is 0.000900. The van der Waals surface area contributed by atoms with Gasteiger partial charge in [0, 0.05) is 29.3 Å². The number of halogens is 2. The van der Waals surface area contributed by atoms with Gasteiger partial charge in [0.25, 0.3) is 0 Å². The van der Waals surface area contributed by atoms with Crippen LogP contribution in [0.1, 0.15) is 27.5 Å². The number of ether oxygens (including phenoxy) is 2. The number of benzene rings is 2. The molecular weight excluding hydrogens is 477 g/mol. The van der Waals surface area contributed by atoms with Crippen molar-refractivity contribution in [3.8, 4) is 0 Å². The van der Waals surface area contributed by atoms with Crippen molar-refractivity contribution in [3.63, 3.8) is 0 Å². The number of esters is 1. The number of oxazole rings is 1. The number of fused-ring (bicyclic) bond motifs is 1. The van der Waals surface area contributed by atoms with E-state index < -0.39 is 12.1 Å². The average Bonchev–Trinajstić information content (AvgIpc) is 3.46. The molecule has 35 heavy (non-hydrogen) atoms. The Kier molecular flexibility index (Phi) is 7.47. The van der Waals surface area contributed by atoms with Crippen LogP contribution in [0.2, 0.25) is 5.02 Å². The highest BCUT2D eigenvalue weighted by Crippen LogP contribution is 2.30. The Bertz CT molecular complexity index is 1400. The molecule has 2 aromatic heterocycles. The maximum atomic E-state index is 14.1. The van der Waals surface area contributed by atoms with Gasteiger partial charge in [0.2, 0.25) is 5.89 Å². The molecule has 0 bridgehead atoms. The molecule has 4 rings (SSSR count). The molecular formula is C25H21ClFN3O5. The molecule has 0 atom stereocenters. The largest absolute Gasteiger partial charge is 0.456 e. The lowest BCUT2D eigenvalue weighted by atomic mass is 10.1. The zero-order valence-electron chi connectivity index (χ0n) is 18.7. The third kappa shape index (κ3) is 5.70. The number of amides is 1. The van der Waals surface area contributed by atoms with Crippen molar-refractivity contribution in [3.05, 3.63) is 94.6 Å². The Morgan fingerprint density at radius 2 is 2.00 bits per heavy atom. The van der Waals surface area contributed by atoms with E-state index in [0.717, 1.165) is 10.9 Å². The molecule has 0 saturated carbocycles. The van der Waals surface area contributed by atoms with Gasteiger partial charge in [0.15, 0.2) is 5.69 Å². The van der Waals surface area contributed by atoms with Crippen molar-refractivity contribution < 1.29 is 27.9 Å². The molecule has 180 valence electrons. The van der Waals surface area contributed by atoms with Crippen LogP contribution < -0.4 is 5.32 Å². The van der Waals surface area contributed by atoms with Gasteiger partial charge in [-0.05, 0) is 18.2 Å². The molecule has 0 aliphatic rings. The molecule has 0 saturated heterocycles. The maximum Gasteiger partial charge on any atom is 0.407 e. The standard InChI is InChI=1S/C25H21ClFN3O5/c1-33-25(32)28-11-5-10-22-29-20(15-34-22)24(31)35-14-17-7-4-9-21-23(17)18(26)13-30(21)12-16-6-2-3-8-19(16)27/h2-10,13,15H,11-12,14H2,1H3,(H,28,32)/b10-5-. The van der Waals surface area contributed by atoms with E-state index in [9.17, 15) is 14.0 Å². The number of carbonyl (C=O) groups excluding carboxylic acids is 2. The number of carbonyl (C=O) groups is 2. The first-order valence-corrected chi connectivity index (χ1v) is 10.9. The van der Waals surface area contributed by atoms with Crippen molar-refractivity contribution in [2.45, 2.75) is 13.2 Å². The van der Waals surface area contributed by atoms with Crippen LogP contribution in [-0.2, 0) is 22.6 Å². The van der Waals surface area contributed by atoms with Crippen molar-refractivity contribution in [1.82, 2.24) is 14.9 Å². The summed E-state index contributed by atoms with van der Waals surface area (Å²) >= 11 is 6.49. The minimum Gasteiger partial charge on any atom is -0.456 e. The fraction of sp³-hybridized carbons (Fsp3) is 0.160.